The number of hydrogen-bond donors (Lipinski definition) is 1. The van der Waals surface area contributed by atoms with E-state index in [9.17, 15) is 4.79 Å². The Labute approximate surface area is 147 Å². The summed E-state index contributed by atoms with van der Waals surface area (Å²) in [5, 5.41) is 2.93. The molecule has 1 aliphatic heterocycles. The summed E-state index contributed by atoms with van der Waals surface area (Å²) in [6, 6.07) is 10.9. The molecule has 0 bridgehead atoms. The largest absolute Gasteiger partial charge is 0.494 e. The smallest absolute Gasteiger partial charge is 0.322 e. The Morgan fingerprint density at radius 3 is 2.80 bits per heavy atom. The number of anilines is 1. The van der Waals surface area contributed by atoms with Crippen molar-refractivity contribution < 1.29 is 18.7 Å². The van der Waals surface area contributed by atoms with Gasteiger partial charge in [0, 0.05) is 18.8 Å². The van der Waals surface area contributed by atoms with E-state index in [0.29, 0.717) is 19.7 Å². The number of furan rings is 1. The van der Waals surface area contributed by atoms with Gasteiger partial charge in [-0.3, -0.25) is 0 Å². The molecule has 6 nitrogen and oxygen atoms in total. The van der Waals surface area contributed by atoms with Crippen molar-refractivity contribution in [2.24, 2.45) is 0 Å². The van der Waals surface area contributed by atoms with Crippen molar-refractivity contribution in [2.75, 3.05) is 25.1 Å². The molecule has 1 aromatic carbocycles. The average molecular weight is 344 g/mol. The first kappa shape index (κ1) is 17.4. The highest BCUT2D eigenvalue weighted by Crippen LogP contribution is 2.19. The maximum Gasteiger partial charge on any atom is 0.322 e. The van der Waals surface area contributed by atoms with Crippen molar-refractivity contribution in [3.05, 3.63) is 48.4 Å². The summed E-state index contributed by atoms with van der Waals surface area (Å²) >= 11 is 0. The number of ether oxygens (including phenoxy) is 2. The third-order valence-electron chi connectivity index (χ3n) is 4.08. The van der Waals surface area contributed by atoms with Gasteiger partial charge < -0.3 is 24.1 Å². The fourth-order valence-electron chi connectivity index (χ4n) is 2.85. The van der Waals surface area contributed by atoms with Gasteiger partial charge in [-0.05, 0) is 56.2 Å². The van der Waals surface area contributed by atoms with Crippen molar-refractivity contribution in [3.63, 3.8) is 0 Å². The molecule has 1 aliphatic rings. The summed E-state index contributed by atoms with van der Waals surface area (Å²) in [6.45, 7) is 4.27. The van der Waals surface area contributed by atoms with Crippen LogP contribution in [0.4, 0.5) is 10.5 Å². The van der Waals surface area contributed by atoms with Crippen molar-refractivity contribution in [1.82, 2.24) is 4.90 Å². The van der Waals surface area contributed by atoms with E-state index in [0.717, 1.165) is 36.6 Å². The average Bonchev–Trinajstić information content (AvgIpc) is 3.30. The second-order valence-electron chi connectivity index (χ2n) is 5.98. The van der Waals surface area contributed by atoms with Crippen molar-refractivity contribution in [2.45, 2.75) is 32.4 Å². The highest BCUT2D eigenvalue weighted by Gasteiger charge is 2.23. The van der Waals surface area contributed by atoms with Gasteiger partial charge in [0.25, 0.3) is 0 Å². The van der Waals surface area contributed by atoms with Gasteiger partial charge in [-0.1, -0.05) is 0 Å². The molecule has 2 heterocycles. The number of urea groups is 1. The van der Waals surface area contributed by atoms with Crippen LogP contribution in [0.3, 0.4) is 0 Å². The third kappa shape index (κ3) is 5.00. The highest BCUT2D eigenvalue weighted by molar-refractivity contribution is 5.89. The summed E-state index contributed by atoms with van der Waals surface area (Å²) < 4.78 is 16.5. The minimum atomic E-state index is -0.170. The van der Waals surface area contributed by atoms with E-state index < -0.39 is 0 Å². The first-order chi connectivity index (χ1) is 12.2. The zero-order valence-corrected chi connectivity index (χ0v) is 14.4. The molecule has 25 heavy (non-hydrogen) atoms. The van der Waals surface area contributed by atoms with E-state index in [4.69, 9.17) is 13.9 Å². The highest BCUT2D eigenvalue weighted by atomic mass is 16.5. The van der Waals surface area contributed by atoms with Crippen LogP contribution in [0.25, 0.3) is 0 Å². The van der Waals surface area contributed by atoms with Gasteiger partial charge in [0.1, 0.15) is 11.5 Å². The monoisotopic (exact) mass is 344 g/mol. The van der Waals surface area contributed by atoms with Crippen molar-refractivity contribution in [3.8, 4) is 5.75 Å². The molecule has 0 saturated carbocycles. The third-order valence-corrected chi connectivity index (χ3v) is 4.08. The van der Waals surface area contributed by atoms with Gasteiger partial charge in [-0.25, -0.2) is 4.79 Å². The summed E-state index contributed by atoms with van der Waals surface area (Å²) in [7, 11) is 0. The number of carbonyl (C=O) groups is 1. The fraction of sp³-hybridized carbons (Fsp3) is 0.421. The molecule has 3 rings (SSSR count). The molecule has 0 radical (unpaired) electrons. The van der Waals surface area contributed by atoms with Gasteiger partial charge in [0.2, 0.25) is 0 Å². The molecule has 1 saturated heterocycles. The van der Waals surface area contributed by atoms with Gasteiger partial charge >= 0.3 is 6.03 Å². The first-order valence-corrected chi connectivity index (χ1v) is 8.67. The standard InChI is InChI=1S/C19H24N2O4/c1-2-23-16-9-7-15(8-10-16)20-19(22)21(13-17-5-3-11-24-17)14-18-6-4-12-25-18/h3,5,7-11,18H,2,4,6,12-14H2,1H3,(H,20,22)/t18-/m0/s1. The molecule has 1 atom stereocenters. The number of nitrogens with zero attached hydrogens (tertiary/aromatic N) is 1. The molecule has 2 aromatic rings. The SMILES string of the molecule is CCOc1ccc(NC(=O)N(Cc2ccco2)C[C@@H]2CCCO2)cc1. The fourth-order valence-corrected chi connectivity index (χ4v) is 2.85. The van der Waals surface area contributed by atoms with E-state index in [2.05, 4.69) is 5.32 Å². The molecule has 0 unspecified atom stereocenters. The lowest BCUT2D eigenvalue weighted by molar-refractivity contribution is 0.0803. The number of rotatable bonds is 7. The lowest BCUT2D eigenvalue weighted by Gasteiger charge is -2.25. The second kappa shape index (κ2) is 8.58. The Kier molecular flexibility index (Phi) is 5.95. The molecular formula is C19H24N2O4. The van der Waals surface area contributed by atoms with Crippen LogP contribution in [-0.2, 0) is 11.3 Å². The zero-order valence-electron chi connectivity index (χ0n) is 14.4. The van der Waals surface area contributed by atoms with Crippen LogP contribution in [0.5, 0.6) is 5.75 Å². The molecular weight excluding hydrogens is 320 g/mol. The molecule has 1 N–H and O–H groups in total. The number of benzene rings is 1. The van der Waals surface area contributed by atoms with Crippen LogP contribution in [0.1, 0.15) is 25.5 Å². The van der Waals surface area contributed by atoms with Gasteiger partial charge in [0.05, 0.1) is 25.5 Å². The predicted molar refractivity (Wildman–Crippen MR) is 94.7 cm³/mol. The number of nitrogens with one attached hydrogen (secondary N) is 1. The summed E-state index contributed by atoms with van der Waals surface area (Å²) in [5.41, 5.74) is 0.727. The number of amides is 2. The van der Waals surface area contributed by atoms with Crippen LogP contribution in [0.15, 0.2) is 47.1 Å². The van der Waals surface area contributed by atoms with E-state index in [-0.39, 0.29) is 12.1 Å². The molecule has 1 aromatic heterocycles. The molecule has 0 spiro atoms. The van der Waals surface area contributed by atoms with Crippen LogP contribution in [-0.4, -0.2) is 36.8 Å². The van der Waals surface area contributed by atoms with Crippen LogP contribution >= 0.6 is 0 Å². The Morgan fingerprint density at radius 2 is 2.16 bits per heavy atom. The lowest BCUT2D eigenvalue weighted by Crippen LogP contribution is -2.39. The minimum absolute atomic E-state index is 0.0843. The van der Waals surface area contributed by atoms with Crippen LogP contribution in [0.2, 0.25) is 0 Å². The maximum absolute atomic E-state index is 12.7. The number of hydrogen-bond acceptors (Lipinski definition) is 4. The van der Waals surface area contributed by atoms with E-state index in [1.807, 2.05) is 43.3 Å². The van der Waals surface area contributed by atoms with Gasteiger partial charge in [0.15, 0.2) is 0 Å². The topological polar surface area (TPSA) is 63.9 Å². The van der Waals surface area contributed by atoms with Crippen LogP contribution in [0, 0.1) is 0 Å². The van der Waals surface area contributed by atoms with E-state index in [1.165, 1.54) is 0 Å². The summed E-state index contributed by atoms with van der Waals surface area (Å²) in [6.07, 6.45) is 3.72. The Balaban J connectivity index is 1.64. The van der Waals surface area contributed by atoms with Crippen molar-refractivity contribution in [1.29, 1.82) is 0 Å². The predicted octanol–water partition coefficient (Wildman–Crippen LogP) is 3.89. The Morgan fingerprint density at radius 1 is 1.32 bits per heavy atom. The van der Waals surface area contributed by atoms with E-state index in [1.54, 1.807) is 11.2 Å². The molecule has 6 heteroatoms. The molecule has 2 amide bonds. The van der Waals surface area contributed by atoms with Gasteiger partial charge in [-0.2, -0.15) is 0 Å². The first-order valence-electron chi connectivity index (χ1n) is 8.67. The molecule has 1 fully saturated rings. The molecule has 134 valence electrons. The Bertz CT molecular complexity index is 649. The van der Waals surface area contributed by atoms with E-state index >= 15 is 0 Å². The van der Waals surface area contributed by atoms with Gasteiger partial charge in [-0.15, -0.1) is 0 Å². The Hall–Kier alpha value is -2.47. The zero-order chi connectivity index (χ0) is 17.5. The van der Waals surface area contributed by atoms with Crippen LogP contribution < -0.4 is 10.1 Å². The normalized spacial score (nSPS) is 16.6. The second-order valence-corrected chi connectivity index (χ2v) is 5.98. The lowest BCUT2D eigenvalue weighted by atomic mass is 10.2. The molecule has 0 aliphatic carbocycles. The maximum atomic E-state index is 12.7. The number of carbonyl (C=O) groups excluding carboxylic acids is 1. The van der Waals surface area contributed by atoms with Crippen molar-refractivity contribution >= 4 is 11.7 Å². The minimum Gasteiger partial charge on any atom is -0.494 e. The summed E-state index contributed by atoms with van der Waals surface area (Å²) in [5.74, 6) is 1.53. The quantitative estimate of drug-likeness (QED) is 0.827. The summed E-state index contributed by atoms with van der Waals surface area (Å²) in [4.78, 5) is 14.5.